The average Bonchev–Trinajstić information content (AvgIpc) is 2.51. The fourth-order valence-corrected chi connectivity index (χ4v) is 4.44. The zero-order valence-electron chi connectivity index (χ0n) is 6.87. The van der Waals surface area contributed by atoms with E-state index < -0.39 is 7.12 Å². The van der Waals surface area contributed by atoms with Gasteiger partial charge in [-0.1, -0.05) is 15.9 Å². The predicted octanol–water partition coefficient (Wildman–Crippen LogP) is 1.95. The molecule has 0 fully saturated rings. The van der Waals surface area contributed by atoms with Gasteiger partial charge in [-0.05, 0) is 40.1 Å². The van der Waals surface area contributed by atoms with Gasteiger partial charge in [0.25, 0.3) is 0 Å². The molecule has 0 saturated heterocycles. The molecule has 1 aromatic heterocycles. The van der Waals surface area contributed by atoms with Crippen LogP contribution in [0.4, 0.5) is 0 Å². The van der Waals surface area contributed by atoms with Crippen molar-refractivity contribution in [2.75, 3.05) is 0 Å². The zero-order valence-corrected chi connectivity index (χ0v) is 11.4. The molecular weight excluding hydrogens is 378 g/mol. The minimum atomic E-state index is -1.43. The smallest absolute Gasteiger partial charge is 0.423 e. The van der Waals surface area contributed by atoms with E-state index in [0.29, 0.717) is 5.46 Å². The second-order valence-electron chi connectivity index (χ2n) is 2.79. The molecule has 1 aromatic carbocycles. The summed E-state index contributed by atoms with van der Waals surface area (Å²) in [4.78, 5) is 0. The SMILES string of the molecule is OB(O)c1c(Br)cc(I)c2ccsc12. The summed E-state index contributed by atoms with van der Waals surface area (Å²) < 4.78 is 2.78. The highest BCUT2D eigenvalue weighted by Crippen LogP contribution is 2.28. The summed E-state index contributed by atoms with van der Waals surface area (Å²) in [6.45, 7) is 0. The van der Waals surface area contributed by atoms with Crippen molar-refractivity contribution in [3.8, 4) is 0 Å². The van der Waals surface area contributed by atoms with Gasteiger partial charge in [0.2, 0.25) is 0 Å². The van der Waals surface area contributed by atoms with E-state index in [-0.39, 0.29) is 0 Å². The van der Waals surface area contributed by atoms with Crippen molar-refractivity contribution < 1.29 is 10.0 Å². The number of thiophene rings is 1. The van der Waals surface area contributed by atoms with Crippen LogP contribution >= 0.6 is 49.9 Å². The summed E-state index contributed by atoms with van der Waals surface area (Å²) in [5.41, 5.74) is 0.551. The van der Waals surface area contributed by atoms with Crippen molar-refractivity contribution in [2.24, 2.45) is 0 Å². The third kappa shape index (κ3) is 1.74. The van der Waals surface area contributed by atoms with Gasteiger partial charge in [-0.2, -0.15) is 0 Å². The molecule has 2 nitrogen and oxygen atoms in total. The number of hydrogen-bond donors (Lipinski definition) is 2. The summed E-state index contributed by atoms with van der Waals surface area (Å²) in [6.07, 6.45) is 0. The largest absolute Gasteiger partial charge is 0.491 e. The first-order valence-electron chi connectivity index (χ1n) is 3.82. The summed E-state index contributed by atoms with van der Waals surface area (Å²) in [5.74, 6) is 0. The van der Waals surface area contributed by atoms with Crippen LogP contribution < -0.4 is 5.46 Å². The highest BCUT2D eigenvalue weighted by molar-refractivity contribution is 14.1. The minimum absolute atomic E-state index is 0.551. The molecule has 72 valence electrons. The second-order valence-corrected chi connectivity index (χ2v) is 5.72. The van der Waals surface area contributed by atoms with Gasteiger partial charge in [0.1, 0.15) is 0 Å². The Balaban J connectivity index is 2.86. The Bertz CT molecular complexity index is 485. The molecule has 6 heteroatoms. The van der Waals surface area contributed by atoms with E-state index in [1.165, 1.54) is 11.3 Å². The lowest BCUT2D eigenvalue weighted by Crippen LogP contribution is -2.31. The van der Waals surface area contributed by atoms with Crippen molar-refractivity contribution in [1.82, 2.24) is 0 Å². The van der Waals surface area contributed by atoms with Crippen LogP contribution in [0.25, 0.3) is 10.1 Å². The zero-order chi connectivity index (χ0) is 10.3. The molecule has 0 saturated carbocycles. The van der Waals surface area contributed by atoms with Crippen LogP contribution in [0.5, 0.6) is 0 Å². The summed E-state index contributed by atoms with van der Waals surface area (Å²) >= 11 is 7.09. The quantitative estimate of drug-likeness (QED) is 0.584. The van der Waals surface area contributed by atoms with Crippen molar-refractivity contribution in [3.63, 3.8) is 0 Å². The van der Waals surface area contributed by atoms with Gasteiger partial charge >= 0.3 is 7.12 Å². The molecule has 0 bridgehead atoms. The average molecular weight is 383 g/mol. The van der Waals surface area contributed by atoms with E-state index in [9.17, 15) is 10.0 Å². The minimum Gasteiger partial charge on any atom is -0.423 e. The van der Waals surface area contributed by atoms with Gasteiger partial charge in [-0.15, -0.1) is 11.3 Å². The maximum atomic E-state index is 9.24. The highest BCUT2D eigenvalue weighted by atomic mass is 127. The molecule has 2 aromatic rings. The topological polar surface area (TPSA) is 40.5 Å². The lowest BCUT2D eigenvalue weighted by Gasteiger charge is -2.06. The second kappa shape index (κ2) is 4.09. The van der Waals surface area contributed by atoms with Gasteiger partial charge in [0.15, 0.2) is 0 Å². The Labute approximate surface area is 107 Å². The number of benzene rings is 1. The molecule has 0 atom stereocenters. The Kier molecular flexibility index (Phi) is 3.18. The van der Waals surface area contributed by atoms with Crippen molar-refractivity contribution >= 4 is 72.5 Å². The summed E-state index contributed by atoms with van der Waals surface area (Å²) in [6, 6.07) is 3.88. The number of halogens is 2. The molecule has 0 amide bonds. The van der Waals surface area contributed by atoms with E-state index in [1.54, 1.807) is 0 Å². The molecule has 0 aliphatic carbocycles. The first-order valence-corrected chi connectivity index (χ1v) is 6.57. The first-order chi connectivity index (χ1) is 6.61. The van der Waals surface area contributed by atoms with Gasteiger partial charge in [0, 0.05) is 23.6 Å². The normalized spacial score (nSPS) is 10.9. The Morgan fingerprint density at radius 1 is 1.43 bits per heavy atom. The Hall–Kier alpha value is 0.375. The fraction of sp³-hybridized carbons (Fsp3) is 0. The van der Waals surface area contributed by atoms with Crippen molar-refractivity contribution in [3.05, 3.63) is 25.6 Å². The Morgan fingerprint density at radius 2 is 2.14 bits per heavy atom. The molecule has 14 heavy (non-hydrogen) atoms. The molecule has 0 aliphatic rings. The summed E-state index contributed by atoms with van der Waals surface area (Å²) in [7, 11) is -1.43. The fourth-order valence-electron chi connectivity index (χ4n) is 1.32. The van der Waals surface area contributed by atoms with E-state index in [1.807, 2.05) is 17.5 Å². The number of fused-ring (bicyclic) bond motifs is 1. The molecule has 0 spiro atoms. The van der Waals surface area contributed by atoms with Crippen LogP contribution in [-0.2, 0) is 0 Å². The van der Waals surface area contributed by atoms with Gasteiger partial charge in [-0.3, -0.25) is 0 Å². The van der Waals surface area contributed by atoms with Crippen LogP contribution in [0.15, 0.2) is 22.0 Å². The van der Waals surface area contributed by atoms with Gasteiger partial charge in [-0.25, -0.2) is 0 Å². The molecule has 1 heterocycles. The lowest BCUT2D eigenvalue weighted by molar-refractivity contribution is 0.426. The van der Waals surface area contributed by atoms with Gasteiger partial charge < -0.3 is 10.0 Å². The van der Waals surface area contributed by atoms with E-state index in [4.69, 9.17) is 0 Å². The third-order valence-electron chi connectivity index (χ3n) is 1.94. The number of rotatable bonds is 1. The summed E-state index contributed by atoms with van der Waals surface area (Å²) in [5, 5.41) is 21.5. The maximum absolute atomic E-state index is 9.24. The van der Waals surface area contributed by atoms with E-state index in [2.05, 4.69) is 38.5 Å². The molecule has 0 aliphatic heterocycles. The highest BCUT2D eigenvalue weighted by Gasteiger charge is 2.20. The van der Waals surface area contributed by atoms with E-state index in [0.717, 1.165) is 18.1 Å². The monoisotopic (exact) mass is 382 g/mol. The van der Waals surface area contributed by atoms with Crippen LogP contribution in [0.3, 0.4) is 0 Å². The van der Waals surface area contributed by atoms with Crippen LogP contribution in [0.2, 0.25) is 0 Å². The molecule has 0 unspecified atom stereocenters. The molecular formula is C8H5BBrIO2S. The molecule has 0 radical (unpaired) electrons. The van der Waals surface area contributed by atoms with Crippen molar-refractivity contribution in [1.29, 1.82) is 0 Å². The first kappa shape index (κ1) is 10.9. The maximum Gasteiger partial charge on any atom is 0.491 e. The lowest BCUT2D eigenvalue weighted by atomic mass is 9.80. The molecule has 2 rings (SSSR count). The van der Waals surface area contributed by atoms with Crippen LogP contribution in [0.1, 0.15) is 0 Å². The Morgan fingerprint density at radius 3 is 2.79 bits per heavy atom. The van der Waals surface area contributed by atoms with Crippen molar-refractivity contribution in [2.45, 2.75) is 0 Å². The van der Waals surface area contributed by atoms with Crippen LogP contribution in [0, 0.1) is 3.57 Å². The third-order valence-corrected chi connectivity index (χ3v) is 4.43. The number of hydrogen-bond acceptors (Lipinski definition) is 3. The predicted molar refractivity (Wildman–Crippen MR) is 72.1 cm³/mol. The molecule has 2 N–H and O–H groups in total. The van der Waals surface area contributed by atoms with Gasteiger partial charge in [0.05, 0.1) is 0 Å². The van der Waals surface area contributed by atoms with Crippen LogP contribution in [-0.4, -0.2) is 17.2 Å². The standard InChI is InChI=1S/C8H5BBrIO2S/c10-5-3-6(11)4-1-2-14-8(4)7(5)9(12)13/h1-3,12-13H. The van der Waals surface area contributed by atoms with E-state index >= 15 is 0 Å².